The molecule has 2 saturated carbocycles. The molecule has 2 bridgehead atoms. The summed E-state index contributed by atoms with van der Waals surface area (Å²) in [6.45, 7) is 0. The Morgan fingerprint density at radius 3 is 2.00 bits per heavy atom. The van der Waals surface area contributed by atoms with Gasteiger partial charge >= 0.3 is 0 Å². The topological polar surface area (TPSA) is 46.2 Å². The van der Waals surface area contributed by atoms with Crippen LogP contribution in [0.15, 0.2) is 12.2 Å². The fourth-order valence-corrected chi connectivity index (χ4v) is 4.00. The van der Waals surface area contributed by atoms with E-state index in [2.05, 4.69) is 17.5 Å². The summed E-state index contributed by atoms with van der Waals surface area (Å²) in [4.78, 5) is 23.2. The summed E-state index contributed by atoms with van der Waals surface area (Å²) < 4.78 is 0. The van der Waals surface area contributed by atoms with Crippen LogP contribution in [0.4, 0.5) is 0 Å². The number of allylic oxidation sites excluding steroid dienone is 2. The third-order valence-corrected chi connectivity index (χ3v) is 4.69. The van der Waals surface area contributed by atoms with Crippen molar-refractivity contribution in [1.82, 2.24) is 5.32 Å². The maximum absolute atomic E-state index is 11.6. The molecule has 0 unspecified atom stereocenters. The quantitative estimate of drug-likeness (QED) is 0.445. The highest BCUT2D eigenvalue weighted by Gasteiger charge is 2.71. The van der Waals surface area contributed by atoms with Gasteiger partial charge in [0.25, 0.3) is 0 Å². The average Bonchev–Trinajstić information content (AvgIpc) is 2.72. The highest BCUT2D eigenvalue weighted by molar-refractivity contribution is 6.06. The van der Waals surface area contributed by atoms with Crippen molar-refractivity contribution < 1.29 is 9.59 Å². The molecule has 1 N–H and O–H groups in total. The van der Waals surface area contributed by atoms with Gasteiger partial charge in [-0.25, -0.2) is 0 Å². The number of amides is 2. The smallest absolute Gasteiger partial charge is 0.231 e. The minimum atomic E-state index is -0.0278. The van der Waals surface area contributed by atoms with Crippen molar-refractivity contribution in [2.24, 2.45) is 29.1 Å². The Morgan fingerprint density at radius 2 is 1.57 bits per heavy atom. The van der Waals surface area contributed by atoms with E-state index in [0.717, 1.165) is 0 Å². The van der Waals surface area contributed by atoms with E-state index in [9.17, 15) is 9.59 Å². The number of hydrogen-bond acceptors (Lipinski definition) is 2. The molecule has 4 rings (SSSR count). The van der Waals surface area contributed by atoms with Crippen molar-refractivity contribution in [3.8, 4) is 0 Å². The van der Waals surface area contributed by atoms with Gasteiger partial charge in [0, 0.05) is 0 Å². The van der Waals surface area contributed by atoms with E-state index in [-0.39, 0.29) is 23.7 Å². The van der Waals surface area contributed by atoms with Crippen molar-refractivity contribution in [2.75, 3.05) is 0 Å². The van der Waals surface area contributed by atoms with Gasteiger partial charge in [0.1, 0.15) is 0 Å². The molecule has 0 aromatic carbocycles. The normalized spacial score (nSPS) is 50.0. The Balaban J connectivity index is 1.89. The average molecular weight is 189 g/mol. The predicted molar refractivity (Wildman–Crippen MR) is 47.9 cm³/mol. The molecule has 3 aliphatic carbocycles. The zero-order valence-electron chi connectivity index (χ0n) is 7.69. The van der Waals surface area contributed by atoms with Crippen molar-refractivity contribution in [3.05, 3.63) is 12.2 Å². The first-order chi connectivity index (χ1) is 6.74. The number of carbonyl (C=O) groups excluding carboxylic acids is 2. The van der Waals surface area contributed by atoms with Gasteiger partial charge in [-0.05, 0) is 30.1 Å². The Labute approximate surface area is 81.5 Å². The molecule has 0 aromatic rings. The standard InChI is InChI=1S/C11H11NO2/c13-9-7-5-1-2-6(11(5)3-4-11)8(7)10(14)12-9/h1-2,5-8H,3-4H2,(H,12,13,14)/t5-,6+,7-,8-/m0/s1. The summed E-state index contributed by atoms with van der Waals surface area (Å²) in [5, 5.41) is 2.47. The fraction of sp³-hybridized carbons (Fsp3) is 0.636. The van der Waals surface area contributed by atoms with Gasteiger partial charge in [0.15, 0.2) is 0 Å². The number of nitrogens with one attached hydrogen (secondary N) is 1. The monoisotopic (exact) mass is 189 g/mol. The largest absolute Gasteiger partial charge is 0.296 e. The molecule has 1 aliphatic heterocycles. The third kappa shape index (κ3) is 0.527. The summed E-state index contributed by atoms with van der Waals surface area (Å²) in [6, 6.07) is 0. The summed E-state index contributed by atoms with van der Waals surface area (Å²) in [5.41, 5.74) is 0.336. The van der Waals surface area contributed by atoms with Crippen molar-refractivity contribution in [3.63, 3.8) is 0 Å². The molecule has 72 valence electrons. The number of fused-ring (bicyclic) bond motifs is 3. The molecule has 4 atom stereocenters. The van der Waals surface area contributed by atoms with E-state index in [0.29, 0.717) is 17.3 Å². The van der Waals surface area contributed by atoms with E-state index in [4.69, 9.17) is 0 Å². The lowest BCUT2D eigenvalue weighted by Crippen LogP contribution is -2.28. The molecule has 0 aromatic heterocycles. The lowest BCUT2D eigenvalue weighted by Gasteiger charge is -2.15. The Bertz CT molecular complexity index is 362. The number of hydrogen-bond donors (Lipinski definition) is 1. The first-order valence-corrected chi connectivity index (χ1v) is 5.27. The summed E-state index contributed by atoms with van der Waals surface area (Å²) in [6.07, 6.45) is 6.78. The van der Waals surface area contributed by atoms with Crippen LogP contribution in [0.1, 0.15) is 12.8 Å². The molecular weight excluding hydrogens is 178 g/mol. The van der Waals surface area contributed by atoms with Gasteiger partial charge in [-0.1, -0.05) is 12.2 Å². The van der Waals surface area contributed by atoms with Gasteiger partial charge in [-0.2, -0.15) is 0 Å². The van der Waals surface area contributed by atoms with Crippen LogP contribution in [-0.4, -0.2) is 11.8 Å². The zero-order valence-corrected chi connectivity index (χ0v) is 7.69. The highest BCUT2D eigenvalue weighted by Crippen LogP contribution is 2.72. The van der Waals surface area contributed by atoms with E-state index < -0.39 is 0 Å². The summed E-state index contributed by atoms with van der Waals surface area (Å²) in [5.74, 6) is 0.624. The van der Waals surface area contributed by atoms with Crippen LogP contribution >= 0.6 is 0 Å². The molecule has 0 radical (unpaired) electrons. The van der Waals surface area contributed by atoms with Gasteiger partial charge in [0.05, 0.1) is 11.8 Å². The molecule has 1 spiro atoms. The second-order valence-corrected chi connectivity index (χ2v) is 5.07. The van der Waals surface area contributed by atoms with Crippen LogP contribution < -0.4 is 5.32 Å². The van der Waals surface area contributed by atoms with Gasteiger partial charge < -0.3 is 0 Å². The lowest BCUT2D eigenvalue weighted by atomic mass is 9.85. The van der Waals surface area contributed by atoms with Crippen molar-refractivity contribution in [1.29, 1.82) is 0 Å². The van der Waals surface area contributed by atoms with Crippen LogP contribution in [-0.2, 0) is 9.59 Å². The highest BCUT2D eigenvalue weighted by atomic mass is 16.2. The SMILES string of the molecule is O=C1NC(=O)[C@@H]2[C@@H]1[C@H]1C=C[C@@H]2C12CC2. The molecule has 3 nitrogen and oxygen atoms in total. The van der Waals surface area contributed by atoms with Gasteiger partial charge in [-0.15, -0.1) is 0 Å². The fourth-order valence-electron chi connectivity index (χ4n) is 4.00. The van der Waals surface area contributed by atoms with Crippen LogP contribution in [0.3, 0.4) is 0 Å². The minimum absolute atomic E-state index is 0.0249. The Hall–Kier alpha value is -1.12. The van der Waals surface area contributed by atoms with Crippen molar-refractivity contribution >= 4 is 11.8 Å². The Kier molecular flexibility index (Phi) is 0.932. The maximum Gasteiger partial charge on any atom is 0.231 e. The third-order valence-electron chi connectivity index (χ3n) is 4.69. The van der Waals surface area contributed by atoms with E-state index in [1.165, 1.54) is 12.8 Å². The van der Waals surface area contributed by atoms with Crippen LogP contribution in [0, 0.1) is 29.1 Å². The molecular formula is C11H11NO2. The van der Waals surface area contributed by atoms with E-state index in [1.54, 1.807) is 0 Å². The van der Waals surface area contributed by atoms with Crippen LogP contribution in [0.25, 0.3) is 0 Å². The van der Waals surface area contributed by atoms with Crippen LogP contribution in [0.2, 0.25) is 0 Å². The van der Waals surface area contributed by atoms with Crippen LogP contribution in [0.5, 0.6) is 0 Å². The molecule has 1 saturated heterocycles. The molecule has 4 aliphatic rings. The summed E-state index contributed by atoms with van der Waals surface area (Å²) in [7, 11) is 0. The zero-order chi connectivity index (χ0) is 9.50. The number of rotatable bonds is 0. The Morgan fingerprint density at radius 1 is 1.07 bits per heavy atom. The maximum atomic E-state index is 11.6. The molecule has 2 amide bonds. The molecule has 3 heteroatoms. The lowest BCUT2D eigenvalue weighted by molar-refractivity contribution is -0.127. The van der Waals surface area contributed by atoms with Gasteiger partial charge in [-0.3, -0.25) is 14.9 Å². The minimum Gasteiger partial charge on any atom is -0.296 e. The number of carbonyl (C=O) groups is 2. The van der Waals surface area contributed by atoms with Crippen molar-refractivity contribution in [2.45, 2.75) is 12.8 Å². The molecule has 1 heterocycles. The van der Waals surface area contributed by atoms with E-state index >= 15 is 0 Å². The predicted octanol–water partition coefficient (Wildman–Crippen LogP) is 0.471. The molecule has 3 fully saturated rings. The van der Waals surface area contributed by atoms with E-state index in [1.807, 2.05) is 0 Å². The first-order valence-electron chi connectivity index (χ1n) is 5.27. The number of imide groups is 1. The second-order valence-electron chi connectivity index (χ2n) is 5.07. The first kappa shape index (κ1) is 7.21. The van der Waals surface area contributed by atoms with Gasteiger partial charge in [0.2, 0.25) is 11.8 Å². The second kappa shape index (κ2) is 1.81. The molecule has 14 heavy (non-hydrogen) atoms. The summed E-state index contributed by atoms with van der Waals surface area (Å²) >= 11 is 0.